The number of fused-ring (bicyclic) bond motifs is 1. The molecule has 0 amide bonds. The highest BCUT2D eigenvalue weighted by molar-refractivity contribution is 7.71. The molecule has 0 aliphatic carbocycles. The van der Waals surface area contributed by atoms with Gasteiger partial charge in [0.25, 0.3) is 0 Å². The lowest BCUT2D eigenvalue weighted by Gasteiger charge is -2.09. The first-order chi connectivity index (χ1) is 9.28. The van der Waals surface area contributed by atoms with Crippen molar-refractivity contribution in [1.82, 2.24) is 9.55 Å². The summed E-state index contributed by atoms with van der Waals surface area (Å²) >= 11 is 5.37. The lowest BCUT2D eigenvalue weighted by Crippen LogP contribution is -2.06. The summed E-state index contributed by atoms with van der Waals surface area (Å²) in [5.74, 6) is 0.631. The molecule has 3 rings (SSSR count). The summed E-state index contributed by atoms with van der Waals surface area (Å²) in [4.78, 5) is 3.19. The van der Waals surface area contributed by atoms with Crippen LogP contribution in [-0.4, -0.2) is 22.8 Å². The highest BCUT2D eigenvalue weighted by Gasteiger charge is 2.16. The number of nitrogens with zero attached hydrogens (tertiary/aromatic N) is 2. The second-order valence-corrected chi connectivity index (χ2v) is 5.33. The lowest BCUT2D eigenvalue weighted by molar-refractivity contribution is 0.183. The fourth-order valence-corrected chi connectivity index (χ4v) is 2.87. The van der Waals surface area contributed by atoms with Crippen LogP contribution >= 0.6 is 12.2 Å². The Morgan fingerprint density at radius 3 is 3.16 bits per heavy atom. The van der Waals surface area contributed by atoms with Gasteiger partial charge in [-0.3, -0.25) is 0 Å². The van der Waals surface area contributed by atoms with Crippen LogP contribution in [0.2, 0.25) is 0 Å². The zero-order chi connectivity index (χ0) is 13.2. The van der Waals surface area contributed by atoms with E-state index in [2.05, 4.69) is 15.6 Å². The van der Waals surface area contributed by atoms with Gasteiger partial charge in [0.15, 0.2) is 4.77 Å². The number of hydrogen-bond acceptors (Lipinski definition) is 3. The lowest BCUT2D eigenvalue weighted by atomic mass is 10.1. The van der Waals surface area contributed by atoms with Gasteiger partial charge in [0.05, 0.1) is 22.7 Å². The first-order valence-corrected chi connectivity index (χ1v) is 6.89. The van der Waals surface area contributed by atoms with Crippen molar-refractivity contribution in [3.63, 3.8) is 0 Å². The smallest absolute Gasteiger partial charge is 0.178 e. The molecule has 98 valence electrons. The van der Waals surface area contributed by atoms with Crippen LogP contribution in [-0.2, 0) is 11.3 Å². The molecule has 1 saturated heterocycles. The predicted octanol–water partition coefficient (Wildman–Crippen LogP) is 3.00. The van der Waals surface area contributed by atoms with Crippen LogP contribution in [0, 0.1) is 22.0 Å². The van der Waals surface area contributed by atoms with Crippen LogP contribution in [0.3, 0.4) is 0 Å². The molecule has 4 nitrogen and oxygen atoms in total. The molecule has 1 aromatic heterocycles. The molecular formula is C14H15N3OS. The first kappa shape index (κ1) is 12.4. The van der Waals surface area contributed by atoms with E-state index < -0.39 is 0 Å². The Labute approximate surface area is 116 Å². The number of aromatic amines is 1. The Balaban J connectivity index is 1.90. The highest BCUT2D eigenvalue weighted by atomic mass is 32.1. The van der Waals surface area contributed by atoms with E-state index in [0.29, 0.717) is 11.5 Å². The minimum absolute atomic E-state index is 0.631. The molecule has 1 atom stereocenters. The van der Waals surface area contributed by atoms with Crippen LogP contribution in [0.15, 0.2) is 18.2 Å². The highest BCUT2D eigenvalue weighted by Crippen LogP contribution is 2.20. The number of nitrogens with one attached hydrogen (secondary N) is 1. The number of benzene rings is 1. The zero-order valence-electron chi connectivity index (χ0n) is 10.6. The van der Waals surface area contributed by atoms with Gasteiger partial charge in [-0.25, -0.2) is 0 Å². The van der Waals surface area contributed by atoms with Gasteiger partial charge in [0.1, 0.15) is 0 Å². The number of ether oxygens (including phenoxy) is 1. The Kier molecular flexibility index (Phi) is 3.36. The van der Waals surface area contributed by atoms with E-state index in [9.17, 15) is 0 Å². The van der Waals surface area contributed by atoms with Crippen molar-refractivity contribution in [3.05, 3.63) is 28.5 Å². The van der Waals surface area contributed by atoms with Crippen molar-refractivity contribution in [2.24, 2.45) is 5.92 Å². The average molecular weight is 273 g/mol. The van der Waals surface area contributed by atoms with Crippen molar-refractivity contribution < 1.29 is 4.74 Å². The predicted molar refractivity (Wildman–Crippen MR) is 75.4 cm³/mol. The summed E-state index contributed by atoms with van der Waals surface area (Å²) < 4.78 is 8.21. The van der Waals surface area contributed by atoms with Crippen molar-refractivity contribution in [2.75, 3.05) is 13.2 Å². The van der Waals surface area contributed by atoms with Gasteiger partial charge < -0.3 is 14.3 Å². The molecule has 1 N–H and O–H groups in total. The van der Waals surface area contributed by atoms with Crippen LogP contribution in [0.5, 0.6) is 0 Å². The standard InChI is InChI=1S/C14H15N3OS/c15-8-11-1-2-12-13(7-11)17(14(19)16-12)5-3-10-4-6-18-9-10/h1-2,7,10H,3-6,9H2,(H,16,19). The van der Waals surface area contributed by atoms with Crippen LogP contribution in [0.1, 0.15) is 18.4 Å². The van der Waals surface area contributed by atoms with E-state index in [1.807, 2.05) is 18.2 Å². The summed E-state index contributed by atoms with van der Waals surface area (Å²) in [6.45, 7) is 2.61. The van der Waals surface area contributed by atoms with Gasteiger partial charge in [-0.1, -0.05) is 0 Å². The quantitative estimate of drug-likeness (QED) is 0.875. The van der Waals surface area contributed by atoms with Crippen LogP contribution in [0.25, 0.3) is 11.0 Å². The minimum Gasteiger partial charge on any atom is -0.381 e. The van der Waals surface area contributed by atoms with Gasteiger partial charge in [0.2, 0.25) is 0 Å². The molecule has 0 saturated carbocycles. The molecule has 19 heavy (non-hydrogen) atoms. The average Bonchev–Trinajstić information content (AvgIpc) is 3.03. The van der Waals surface area contributed by atoms with Crippen molar-refractivity contribution >= 4 is 23.3 Å². The van der Waals surface area contributed by atoms with Crippen molar-refractivity contribution in [3.8, 4) is 6.07 Å². The molecule has 1 aliphatic heterocycles. The maximum absolute atomic E-state index is 8.99. The number of H-pyrrole nitrogens is 1. The normalized spacial score (nSPS) is 18.8. The third-order valence-electron chi connectivity index (χ3n) is 3.69. The third kappa shape index (κ3) is 2.42. The summed E-state index contributed by atoms with van der Waals surface area (Å²) in [5, 5.41) is 8.99. The van der Waals surface area contributed by atoms with E-state index in [1.54, 1.807) is 0 Å². The molecule has 1 aromatic carbocycles. The summed E-state index contributed by atoms with van der Waals surface area (Å²) in [6, 6.07) is 7.79. The van der Waals surface area contributed by atoms with Crippen LogP contribution in [0.4, 0.5) is 0 Å². The largest absolute Gasteiger partial charge is 0.381 e. The van der Waals surface area contributed by atoms with E-state index in [0.717, 1.165) is 48.4 Å². The molecule has 0 radical (unpaired) electrons. The number of hydrogen-bond donors (Lipinski definition) is 1. The Hall–Kier alpha value is -1.64. The first-order valence-electron chi connectivity index (χ1n) is 6.48. The SMILES string of the molecule is N#Cc1ccc2[nH]c(=S)n(CCC3CCOC3)c2c1. The molecule has 1 fully saturated rings. The van der Waals surface area contributed by atoms with Gasteiger partial charge in [0, 0.05) is 19.8 Å². The summed E-state index contributed by atoms with van der Waals surface area (Å²) in [5.41, 5.74) is 2.68. The zero-order valence-corrected chi connectivity index (χ0v) is 11.4. The summed E-state index contributed by atoms with van der Waals surface area (Å²) in [7, 11) is 0. The van der Waals surface area contributed by atoms with E-state index in [4.69, 9.17) is 22.2 Å². The van der Waals surface area contributed by atoms with Gasteiger partial charge in [-0.15, -0.1) is 0 Å². The fourth-order valence-electron chi connectivity index (χ4n) is 2.57. The second-order valence-electron chi connectivity index (χ2n) is 4.94. The molecule has 0 bridgehead atoms. The van der Waals surface area contributed by atoms with E-state index in [-0.39, 0.29) is 0 Å². The van der Waals surface area contributed by atoms with Crippen molar-refractivity contribution in [2.45, 2.75) is 19.4 Å². The Morgan fingerprint density at radius 1 is 1.53 bits per heavy atom. The second kappa shape index (κ2) is 5.16. The minimum atomic E-state index is 0.631. The van der Waals surface area contributed by atoms with Gasteiger partial charge >= 0.3 is 0 Å². The molecular weight excluding hydrogens is 258 g/mol. The molecule has 0 spiro atoms. The topological polar surface area (TPSA) is 53.7 Å². The molecule has 1 unspecified atom stereocenters. The van der Waals surface area contributed by atoms with E-state index >= 15 is 0 Å². The van der Waals surface area contributed by atoms with Gasteiger partial charge in [-0.2, -0.15) is 5.26 Å². The Bertz CT molecular complexity index is 689. The fraction of sp³-hybridized carbons (Fsp3) is 0.429. The number of aromatic nitrogens is 2. The maximum atomic E-state index is 8.99. The maximum Gasteiger partial charge on any atom is 0.178 e. The number of rotatable bonds is 3. The van der Waals surface area contributed by atoms with Crippen molar-refractivity contribution in [1.29, 1.82) is 5.26 Å². The number of nitriles is 1. The molecule has 2 heterocycles. The molecule has 2 aromatic rings. The molecule has 1 aliphatic rings. The monoisotopic (exact) mass is 273 g/mol. The van der Waals surface area contributed by atoms with Crippen LogP contribution < -0.4 is 0 Å². The molecule has 5 heteroatoms. The summed E-state index contributed by atoms with van der Waals surface area (Å²) in [6.07, 6.45) is 2.21. The third-order valence-corrected chi connectivity index (χ3v) is 4.01. The number of imidazole rings is 1. The van der Waals surface area contributed by atoms with Gasteiger partial charge in [-0.05, 0) is 49.2 Å². The number of aryl methyl sites for hydroxylation is 1. The Morgan fingerprint density at radius 2 is 2.42 bits per heavy atom. The van der Waals surface area contributed by atoms with E-state index in [1.165, 1.54) is 0 Å².